The number of esters is 2. The molecular formula is C44H66Cl6N2O10. The third-order valence-corrected chi connectivity index (χ3v) is 11.5. The number of ether oxygens (including phenoxy) is 7. The Labute approximate surface area is 398 Å². The molecule has 0 radical (unpaired) electrons. The largest absolute Gasteiger partial charge is 0.462 e. The number of benzene rings is 1. The molecular weight excluding hydrogens is 929 g/mol. The van der Waals surface area contributed by atoms with E-state index < -0.39 is 75.2 Å². The molecule has 1 aromatic rings. The summed E-state index contributed by atoms with van der Waals surface area (Å²) >= 11 is 35.4. The molecule has 2 aliphatic heterocycles. The first-order chi connectivity index (χ1) is 29.6. The lowest BCUT2D eigenvalue weighted by Gasteiger charge is -2.48. The van der Waals surface area contributed by atoms with Crippen LogP contribution in [0.1, 0.15) is 161 Å². The van der Waals surface area contributed by atoms with Crippen LogP contribution in [0.15, 0.2) is 30.3 Å². The Morgan fingerprint density at radius 1 is 0.758 bits per heavy atom. The lowest BCUT2D eigenvalue weighted by Crippen LogP contribution is -2.68. The average molecular weight is 996 g/mol. The van der Waals surface area contributed by atoms with Crippen molar-refractivity contribution >= 4 is 93.5 Å². The van der Waals surface area contributed by atoms with Gasteiger partial charge in [0, 0.05) is 12.0 Å². The molecule has 0 aromatic heterocycles. The molecule has 2 fully saturated rings. The molecule has 0 saturated carbocycles. The van der Waals surface area contributed by atoms with Crippen molar-refractivity contribution in [1.29, 1.82) is 5.41 Å². The van der Waals surface area contributed by atoms with Gasteiger partial charge in [-0.05, 0) is 19.3 Å². The number of halogens is 6. The van der Waals surface area contributed by atoms with E-state index in [9.17, 15) is 14.4 Å². The van der Waals surface area contributed by atoms with Gasteiger partial charge in [0.25, 0.3) is 3.79 Å². The summed E-state index contributed by atoms with van der Waals surface area (Å²) < 4.78 is 37.2. The molecule has 1 aromatic carbocycles. The first-order valence-electron chi connectivity index (χ1n) is 22.3. The van der Waals surface area contributed by atoms with Crippen molar-refractivity contribution in [2.75, 3.05) is 13.2 Å². The van der Waals surface area contributed by atoms with E-state index in [-0.39, 0.29) is 25.4 Å². The molecule has 18 heteroatoms. The van der Waals surface area contributed by atoms with E-state index in [1.165, 1.54) is 64.2 Å². The predicted molar refractivity (Wildman–Crippen MR) is 244 cm³/mol. The van der Waals surface area contributed by atoms with Crippen LogP contribution in [0.4, 0.5) is 4.79 Å². The van der Waals surface area contributed by atoms with E-state index in [0.29, 0.717) is 18.4 Å². The second-order valence-corrected chi connectivity index (χ2v) is 20.8. The minimum absolute atomic E-state index is 0.0820. The van der Waals surface area contributed by atoms with Gasteiger partial charge in [-0.1, -0.05) is 217 Å². The minimum Gasteiger partial charge on any atom is -0.462 e. The molecule has 62 heavy (non-hydrogen) atoms. The number of amides is 1. The summed E-state index contributed by atoms with van der Waals surface area (Å²) in [6.07, 6.45) is 12.4. The van der Waals surface area contributed by atoms with Gasteiger partial charge in [-0.15, -0.1) is 0 Å². The number of nitrogens with one attached hydrogen (secondary N) is 2. The highest BCUT2D eigenvalue weighted by Crippen LogP contribution is 2.38. The van der Waals surface area contributed by atoms with Crippen LogP contribution in [0.5, 0.6) is 0 Å². The van der Waals surface area contributed by atoms with Crippen molar-refractivity contribution in [3.8, 4) is 0 Å². The van der Waals surface area contributed by atoms with E-state index in [4.69, 9.17) is 108 Å². The van der Waals surface area contributed by atoms with E-state index in [0.717, 1.165) is 44.9 Å². The zero-order chi connectivity index (χ0) is 45.4. The van der Waals surface area contributed by atoms with Crippen LogP contribution in [-0.4, -0.2) is 81.5 Å². The lowest BCUT2D eigenvalue weighted by molar-refractivity contribution is -0.336. The Morgan fingerprint density at radius 3 is 1.89 bits per heavy atom. The van der Waals surface area contributed by atoms with Gasteiger partial charge in [-0.25, -0.2) is 4.79 Å². The van der Waals surface area contributed by atoms with Crippen molar-refractivity contribution < 1.29 is 47.5 Å². The fourth-order valence-corrected chi connectivity index (χ4v) is 7.65. The Bertz CT molecular complexity index is 1450. The Hall–Kier alpha value is -1.48. The molecule has 354 valence electrons. The van der Waals surface area contributed by atoms with Crippen molar-refractivity contribution in [1.82, 2.24) is 5.32 Å². The molecule has 0 spiro atoms. The predicted octanol–water partition coefficient (Wildman–Crippen LogP) is 12.7. The Balaban J connectivity index is 1.81. The number of hydrogen-bond acceptors (Lipinski definition) is 11. The van der Waals surface area contributed by atoms with Crippen LogP contribution < -0.4 is 5.32 Å². The number of alkyl halides is 6. The van der Waals surface area contributed by atoms with Gasteiger partial charge in [-0.3, -0.25) is 15.0 Å². The Kier molecular flexibility index (Phi) is 26.5. The normalized spacial score (nSPS) is 21.9. The van der Waals surface area contributed by atoms with E-state index >= 15 is 0 Å². The number of fused-ring (bicyclic) bond motifs is 1. The highest BCUT2D eigenvalue weighted by molar-refractivity contribution is 6.76. The van der Waals surface area contributed by atoms with Gasteiger partial charge in [-0.2, -0.15) is 0 Å². The summed E-state index contributed by atoms with van der Waals surface area (Å²) in [4.78, 5) is 40.5. The number of hydrogen-bond donors (Lipinski definition) is 2. The van der Waals surface area contributed by atoms with Crippen LogP contribution in [0.2, 0.25) is 0 Å². The van der Waals surface area contributed by atoms with Gasteiger partial charge < -0.3 is 38.5 Å². The monoisotopic (exact) mass is 992 g/mol. The number of carbonyl (C=O) groups excluding carboxylic acids is 3. The van der Waals surface area contributed by atoms with Crippen LogP contribution in [0, 0.1) is 5.41 Å². The van der Waals surface area contributed by atoms with Gasteiger partial charge in [0.1, 0.15) is 31.0 Å². The first kappa shape index (κ1) is 54.9. The second-order valence-electron chi connectivity index (χ2n) is 16.0. The molecule has 2 heterocycles. The van der Waals surface area contributed by atoms with Crippen LogP contribution in [0.25, 0.3) is 0 Å². The first-order valence-corrected chi connectivity index (χ1v) is 24.6. The zero-order valence-electron chi connectivity index (χ0n) is 36.0. The molecule has 3 rings (SSSR count). The Morgan fingerprint density at radius 2 is 1.32 bits per heavy atom. The molecule has 2 N–H and O–H groups in total. The van der Waals surface area contributed by atoms with Gasteiger partial charge in [0.05, 0.1) is 13.0 Å². The van der Waals surface area contributed by atoms with Gasteiger partial charge in [0.15, 0.2) is 12.4 Å². The number of unbranched alkanes of at least 4 members (excludes halogenated alkanes) is 16. The van der Waals surface area contributed by atoms with Crippen LogP contribution in [0.3, 0.4) is 0 Å². The highest BCUT2D eigenvalue weighted by atomic mass is 35.6. The third kappa shape index (κ3) is 22.1. The fraction of sp³-hybridized carbons (Fsp3) is 0.773. The molecule has 2 aliphatic rings. The van der Waals surface area contributed by atoms with E-state index in [1.54, 1.807) is 12.1 Å². The molecule has 7 atom stereocenters. The molecule has 0 bridgehead atoms. The summed E-state index contributed by atoms with van der Waals surface area (Å²) in [5.74, 6) is -1.98. The summed E-state index contributed by atoms with van der Waals surface area (Å²) in [6.45, 7) is 3.68. The average Bonchev–Trinajstić information content (AvgIpc) is 3.22. The molecule has 1 amide bonds. The van der Waals surface area contributed by atoms with Gasteiger partial charge >= 0.3 is 18.0 Å². The lowest BCUT2D eigenvalue weighted by atomic mass is 9.95. The van der Waals surface area contributed by atoms with Crippen LogP contribution >= 0.6 is 69.6 Å². The number of alkyl carbamates (subject to hydrolysis) is 1. The number of rotatable bonds is 28. The maximum Gasteiger partial charge on any atom is 0.407 e. The molecule has 3 unspecified atom stereocenters. The summed E-state index contributed by atoms with van der Waals surface area (Å²) in [5, 5.41) is 10.8. The van der Waals surface area contributed by atoms with E-state index in [1.807, 2.05) is 18.2 Å². The van der Waals surface area contributed by atoms with E-state index in [2.05, 4.69) is 19.2 Å². The number of carbonyl (C=O) groups is 3. The van der Waals surface area contributed by atoms with Gasteiger partial charge in [0.2, 0.25) is 16.0 Å². The smallest absolute Gasteiger partial charge is 0.407 e. The SMILES string of the molecule is CCCCCCCCCCCC(=O)O[C@H](CCCCCCCCCCC)CC(=O)O[C@@H]1C(NC(=O)OCC(Cl)(Cl)Cl)[C@@H](OC(=N)C(Cl)(Cl)Cl)OC2COC(c3ccccc3)O[C@H]21. The minimum atomic E-state index is -2.33. The quantitative estimate of drug-likeness (QED) is 0.0207. The molecule has 2 saturated heterocycles. The van der Waals surface area contributed by atoms with Crippen molar-refractivity contribution in [2.24, 2.45) is 0 Å². The maximum absolute atomic E-state index is 14.1. The summed E-state index contributed by atoms with van der Waals surface area (Å²) in [5.41, 5.74) is 0.666. The van der Waals surface area contributed by atoms with Crippen molar-refractivity contribution in [2.45, 2.75) is 199 Å². The standard InChI is InChI=1S/C44H66Cl6N2O10/c1-3-5-7-9-11-13-15-17-22-26-32(58-34(53)27-23-18-16-14-12-10-8-6-4-2)28-35(54)60-38-36(52-42(55)57-30-43(45,46)47)40(62-41(51)44(48,49)50)59-33-29-56-39(61-37(33)38)31-24-20-19-21-25-31/h19-21,24-25,32-33,36-40,51H,3-18,22-23,26-30H2,1-2H3,(H,52,55)/t32-,33?,36?,37-,38-,39?,40-/m1/s1. The summed E-state index contributed by atoms with van der Waals surface area (Å²) in [7, 11) is 0. The molecule has 0 aliphatic carbocycles. The topological polar surface area (TPSA) is 152 Å². The second kappa shape index (κ2) is 29.9. The molecule has 12 nitrogen and oxygen atoms in total. The zero-order valence-corrected chi connectivity index (χ0v) is 40.6. The van der Waals surface area contributed by atoms with Crippen molar-refractivity contribution in [3.05, 3.63) is 35.9 Å². The summed E-state index contributed by atoms with van der Waals surface area (Å²) in [6, 6.07) is 7.61. The fourth-order valence-electron chi connectivity index (χ4n) is 7.35. The van der Waals surface area contributed by atoms with Crippen LogP contribution in [-0.2, 0) is 42.7 Å². The maximum atomic E-state index is 14.1. The van der Waals surface area contributed by atoms with Crippen molar-refractivity contribution in [3.63, 3.8) is 0 Å². The highest BCUT2D eigenvalue weighted by Gasteiger charge is 2.54. The third-order valence-electron chi connectivity index (χ3n) is 10.6.